The molecule has 1 heterocycles. The molecule has 1 unspecified atom stereocenters. The Morgan fingerprint density at radius 2 is 2.15 bits per heavy atom. The van der Waals surface area contributed by atoms with E-state index in [0.717, 1.165) is 0 Å². The summed E-state index contributed by atoms with van der Waals surface area (Å²) in [4.78, 5) is 15.0. The number of carbonyl (C=O) groups is 1. The number of nitriles is 1. The number of rotatable bonds is 5. The fraction of sp³-hybridized carbons (Fsp3) is 0.417. The number of methoxy groups -OCH3 is 1. The molecule has 0 aromatic carbocycles. The van der Waals surface area contributed by atoms with Crippen LogP contribution >= 0.6 is 0 Å². The van der Waals surface area contributed by atoms with E-state index < -0.39 is 22.0 Å². The van der Waals surface area contributed by atoms with Crippen LogP contribution in [0.4, 0.5) is 0 Å². The largest absolute Gasteiger partial charge is 0.468 e. The van der Waals surface area contributed by atoms with Crippen LogP contribution in [0.5, 0.6) is 0 Å². The number of aromatic nitrogens is 1. The third-order valence-corrected chi connectivity index (χ3v) is 4.04. The first-order valence-corrected chi connectivity index (χ1v) is 7.27. The number of ether oxygens (including phenoxy) is 1. The lowest BCUT2D eigenvalue weighted by atomic mass is 10.1. The minimum absolute atomic E-state index is 0.229. The SMILES string of the molecule is COC(=O)C(NS(=O)(=O)c1cccnc1C#N)C(C)C. The number of carbonyl (C=O) groups excluding carboxylic acids is 1. The normalized spacial score (nSPS) is 12.8. The van der Waals surface area contributed by atoms with Crippen molar-refractivity contribution in [3.63, 3.8) is 0 Å². The quantitative estimate of drug-likeness (QED) is 0.789. The van der Waals surface area contributed by atoms with Crippen LogP contribution in [0.15, 0.2) is 23.2 Å². The number of nitrogens with zero attached hydrogens (tertiary/aromatic N) is 2. The molecule has 20 heavy (non-hydrogen) atoms. The Hall–Kier alpha value is -1.98. The summed E-state index contributed by atoms with van der Waals surface area (Å²) in [5.74, 6) is -0.995. The number of hydrogen-bond acceptors (Lipinski definition) is 6. The monoisotopic (exact) mass is 297 g/mol. The molecule has 0 aliphatic rings. The standard InChI is InChI=1S/C12H15N3O4S/c1-8(2)11(12(16)19-3)15-20(17,18)10-5-4-6-14-9(10)7-13/h4-6,8,11,15H,1-3H3. The van der Waals surface area contributed by atoms with E-state index in [-0.39, 0.29) is 16.5 Å². The zero-order valence-corrected chi connectivity index (χ0v) is 12.1. The molecule has 0 radical (unpaired) electrons. The van der Waals surface area contributed by atoms with Gasteiger partial charge in [0.1, 0.15) is 17.0 Å². The second kappa shape index (κ2) is 6.45. The molecule has 0 saturated carbocycles. The van der Waals surface area contributed by atoms with E-state index in [1.807, 2.05) is 0 Å². The molecule has 0 aliphatic heterocycles. The number of pyridine rings is 1. The van der Waals surface area contributed by atoms with Gasteiger partial charge >= 0.3 is 5.97 Å². The van der Waals surface area contributed by atoms with Crippen molar-refractivity contribution in [3.8, 4) is 6.07 Å². The molecular formula is C12H15N3O4S. The molecule has 0 amide bonds. The van der Waals surface area contributed by atoms with Crippen molar-refractivity contribution >= 4 is 16.0 Å². The molecule has 0 fully saturated rings. The predicted octanol–water partition coefficient (Wildman–Crippen LogP) is 0.429. The molecule has 0 aliphatic carbocycles. The van der Waals surface area contributed by atoms with Crippen LogP contribution in [0.25, 0.3) is 0 Å². The fourth-order valence-electron chi connectivity index (χ4n) is 1.51. The maximum Gasteiger partial charge on any atom is 0.324 e. The van der Waals surface area contributed by atoms with Gasteiger partial charge in [-0.3, -0.25) is 4.79 Å². The summed E-state index contributed by atoms with van der Waals surface area (Å²) in [6.45, 7) is 3.36. The molecule has 0 spiro atoms. The fourth-order valence-corrected chi connectivity index (χ4v) is 2.95. The highest BCUT2D eigenvalue weighted by atomic mass is 32.2. The average molecular weight is 297 g/mol. The van der Waals surface area contributed by atoms with E-state index in [9.17, 15) is 13.2 Å². The van der Waals surface area contributed by atoms with Crippen LogP contribution in [0.1, 0.15) is 19.5 Å². The third kappa shape index (κ3) is 3.53. The van der Waals surface area contributed by atoms with Gasteiger partial charge in [-0.2, -0.15) is 9.98 Å². The Morgan fingerprint density at radius 3 is 2.65 bits per heavy atom. The van der Waals surface area contributed by atoms with Gasteiger partial charge in [-0.15, -0.1) is 0 Å². The molecule has 1 rings (SSSR count). The molecule has 108 valence electrons. The van der Waals surface area contributed by atoms with E-state index in [2.05, 4.69) is 14.4 Å². The second-order valence-corrected chi connectivity index (χ2v) is 6.01. The summed E-state index contributed by atoms with van der Waals surface area (Å²) in [7, 11) is -2.86. The van der Waals surface area contributed by atoms with Gasteiger partial charge in [-0.25, -0.2) is 13.4 Å². The van der Waals surface area contributed by atoms with E-state index in [1.54, 1.807) is 19.9 Å². The first-order chi connectivity index (χ1) is 9.33. The van der Waals surface area contributed by atoms with Crippen molar-refractivity contribution in [3.05, 3.63) is 24.0 Å². The molecular weight excluding hydrogens is 282 g/mol. The minimum atomic E-state index is -4.04. The van der Waals surface area contributed by atoms with Gasteiger partial charge in [0, 0.05) is 6.20 Å². The Balaban J connectivity index is 3.17. The zero-order valence-electron chi connectivity index (χ0n) is 11.3. The summed E-state index contributed by atoms with van der Waals surface area (Å²) < 4.78 is 31.3. The molecule has 0 bridgehead atoms. The molecule has 0 saturated heterocycles. The maximum atomic E-state index is 12.2. The molecule has 7 nitrogen and oxygen atoms in total. The number of sulfonamides is 1. The van der Waals surface area contributed by atoms with E-state index in [0.29, 0.717) is 0 Å². The number of esters is 1. The Morgan fingerprint density at radius 1 is 1.50 bits per heavy atom. The van der Waals surface area contributed by atoms with Gasteiger partial charge < -0.3 is 4.74 Å². The second-order valence-electron chi connectivity index (χ2n) is 4.33. The van der Waals surface area contributed by atoms with E-state index >= 15 is 0 Å². The predicted molar refractivity (Wildman–Crippen MR) is 69.9 cm³/mol. The van der Waals surface area contributed by atoms with Gasteiger partial charge in [-0.1, -0.05) is 13.8 Å². The van der Waals surface area contributed by atoms with Gasteiger partial charge in [0.05, 0.1) is 7.11 Å². The molecule has 1 aromatic heterocycles. The van der Waals surface area contributed by atoms with Gasteiger partial charge in [-0.05, 0) is 18.1 Å². The van der Waals surface area contributed by atoms with Crippen LogP contribution in [0.2, 0.25) is 0 Å². The highest BCUT2D eigenvalue weighted by Crippen LogP contribution is 2.14. The van der Waals surface area contributed by atoms with Crippen molar-refractivity contribution in [2.75, 3.05) is 7.11 Å². The third-order valence-electron chi connectivity index (χ3n) is 2.57. The minimum Gasteiger partial charge on any atom is -0.468 e. The first kappa shape index (κ1) is 16.1. The Kier molecular flexibility index (Phi) is 5.19. The van der Waals surface area contributed by atoms with Gasteiger partial charge in [0.2, 0.25) is 10.0 Å². The van der Waals surface area contributed by atoms with Crippen molar-refractivity contribution in [2.45, 2.75) is 24.8 Å². The van der Waals surface area contributed by atoms with Gasteiger partial charge in [0.15, 0.2) is 5.69 Å². The summed E-state index contributed by atoms with van der Waals surface area (Å²) in [5.41, 5.74) is -0.229. The van der Waals surface area contributed by atoms with Crippen molar-refractivity contribution < 1.29 is 17.9 Å². The molecule has 1 aromatic rings. The lowest BCUT2D eigenvalue weighted by Crippen LogP contribution is -2.45. The van der Waals surface area contributed by atoms with Crippen LogP contribution in [0, 0.1) is 17.2 Å². The van der Waals surface area contributed by atoms with Crippen molar-refractivity contribution in [1.82, 2.24) is 9.71 Å². The van der Waals surface area contributed by atoms with E-state index in [4.69, 9.17) is 5.26 Å². The Bertz CT molecular complexity index is 634. The first-order valence-electron chi connectivity index (χ1n) is 5.78. The van der Waals surface area contributed by atoms with Gasteiger partial charge in [0.25, 0.3) is 0 Å². The van der Waals surface area contributed by atoms with E-state index in [1.165, 1.54) is 25.4 Å². The summed E-state index contributed by atoms with van der Waals surface area (Å²) in [5, 5.41) is 8.88. The number of hydrogen-bond donors (Lipinski definition) is 1. The number of nitrogens with one attached hydrogen (secondary N) is 1. The maximum absolute atomic E-state index is 12.2. The van der Waals surface area contributed by atoms with Crippen molar-refractivity contribution in [1.29, 1.82) is 5.26 Å². The van der Waals surface area contributed by atoms with Crippen LogP contribution in [-0.4, -0.2) is 32.5 Å². The molecule has 1 atom stereocenters. The highest BCUT2D eigenvalue weighted by molar-refractivity contribution is 7.89. The smallest absolute Gasteiger partial charge is 0.324 e. The Labute approximate surface area is 117 Å². The lowest BCUT2D eigenvalue weighted by Gasteiger charge is -2.19. The summed E-state index contributed by atoms with van der Waals surface area (Å²) in [6, 6.07) is 3.32. The summed E-state index contributed by atoms with van der Waals surface area (Å²) >= 11 is 0. The van der Waals surface area contributed by atoms with Crippen LogP contribution < -0.4 is 4.72 Å². The summed E-state index contributed by atoms with van der Waals surface area (Å²) in [6.07, 6.45) is 1.32. The average Bonchev–Trinajstić information content (AvgIpc) is 2.43. The lowest BCUT2D eigenvalue weighted by molar-refractivity contribution is -0.143. The topological polar surface area (TPSA) is 109 Å². The zero-order chi connectivity index (χ0) is 15.3. The molecule has 1 N–H and O–H groups in total. The van der Waals surface area contributed by atoms with Crippen LogP contribution in [0.3, 0.4) is 0 Å². The van der Waals surface area contributed by atoms with Crippen LogP contribution in [-0.2, 0) is 19.6 Å². The van der Waals surface area contributed by atoms with Crippen molar-refractivity contribution in [2.24, 2.45) is 5.92 Å². The highest BCUT2D eigenvalue weighted by Gasteiger charge is 2.30. The molecule has 8 heteroatoms.